The van der Waals surface area contributed by atoms with E-state index in [1.807, 2.05) is 11.8 Å². The Bertz CT molecular complexity index is 278. The lowest BCUT2D eigenvalue weighted by atomic mass is 9.67. The molecule has 0 aromatic rings. The molecule has 0 aromatic heterocycles. The average Bonchev–Trinajstić information content (AvgIpc) is 2.24. The molecule has 2 fully saturated rings. The molecule has 2 rings (SSSR count). The molecule has 0 radical (unpaired) electrons. The van der Waals surface area contributed by atoms with Crippen molar-refractivity contribution in [1.82, 2.24) is 4.90 Å². The zero-order valence-corrected chi connectivity index (χ0v) is 11.9. The summed E-state index contributed by atoms with van der Waals surface area (Å²) in [5, 5.41) is 0. The van der Waals surface area contributed by atoms with Crippen molar-refractivity contribution in [2.45, 2.75) is 33.1 Å². The Morgan fingerprint density at radius 3 is 2.53 bits per heavy atom. The first-order chi connectivity index (χ1) is 8.09. The van der Waals surface area contributed by atoms with Crippen LogP contribution in [-0.2, 0) is 0 Å². The van der Waals surface area contributed by atoms with Gasteiger partial charge in [-0.2, -0.15) is 11.8 Å². The Labute approximate surface area is 109 Å². The van der Waals surface area contributed by atoms with Crippen molar-refractivity contribution in [3.63, 3.8) is 0 Å². The van der Waals surface area contributed by atoms with Gasteiger partial charge in [0.05, 0.1) is 0 Å². The zero-order chi connectivity index (χ0) is 12.3. The molecular weight excluding hydrogens is 230 g/mol. The van der Waals surface area contributed by atoms with Gasteiger partial charge in [-0.05, 0) is 24.2 Å². The van der Waals surface area contributed by atoms with Crippen LogP contribution in [0.25, 0.3) is 0 Å². The van der Waals surface area contributed by atoms with Crippen molar-refractivity contribution in [2.24, 2.45) is 22.1 Å². The van der Waals surface area contributed by atoms with Crippen molar-refractivity contribution in [1.29, 1.82) is 0 Å². The fourth-order valence-electron chi connectivity index (χ4n) is 2.50. The quantitative estimate of drug-likeness (QED) is 0.621. The summed E-state index contributed by atoms with van der Waals surface area (Å²) in [6, 6.07) is 0. The number of guanidine groups is 1. The SMILES string of the molecule is CC(C)(CN=C(N)N1CCSCC1)C1CCC1. The maximum Gasteiger partial charge on any atom is 0.191 e. The van der Waals surface area contributed by atoms with Crippen LogP contribution in [0.2, 0.25) is 0 Å². The number of hydrogen-bond donors (Lipinski definition) is 1. The molecule has 0 unspecified atom stereocenters. The Morgan fingerprint density at radius 2 is 2.00 bits per heavy atom. The van der Waals surface area contributed by atoms with E-state index < -0.39 is 0 Å². The third-order valence-corrected chi connectivity index (χ3v) is 5.14. The van der Waals surface area contributed by atoms with Gasteiger partial charge in [0.25, 0.3) is 0 Å². The molecular formula is C13H25N3S. The lowest BCUT2D eigenvalue weighted by Crippen LogP contribution is -2.43. The first-order valence-electron chi connectivity index (χ1n) is 6.72. The van der Waals surface area contributed by atoms with Gasteiger partial charge < -0.3 is 10.6 Å². The summed E-state index contributed by atoms with van der Waals surface area (Å²) in [4.78, 5) is 6.86. The summed E-state index contributed by atoms with van der Waals surface area (Å²) in [7, 11) is 0. The summed E-state index contributed by atoms with van der Waals surface area (Å²) < 4.78 is 0. The largest absolute Gasteiger partial charge is 0.370 e. The monoisotopic (exact) mass is 255 g/mol. The first-order valence-corrected chi connectivity index (χ1v) is 7.88. The molecule has 1 saturated heterocycles. The van der Waals surface area contributed by atoms with Crippen molar-refractivity contribution >= 4 is 17.7 Å². The number of hydrogen-bond acceptors (Lipinski definition) is 2. The standard InChI is InChI=1S/C13H25N3S/c1-13(2,11-4-3-5-11)10-15-12(14)16-6-8-17-9-7-16/h11H,3-10H2,1-2H3,(H2,14,15). The molecule has 98 valence electrons. The van der Waals surface area contributed by atoms with Gasteiger partial charge in [-0.15, -0.1) is 0 Å². The highest BCUT2D eigenvalue weighted by Gasteiger charge is 2.33. The van der Waals surface area contributed by atoms with Crippen LogP contribution in [0.15, 0.2) is 4.99 Å². The topological polar surface area (TPSA) is 41.6 Å². The Morgan fingerprint density at radius 1 is 1.35 bits per heavy atom. The fraction of sp³-hybridized carbons (Fsp3) is 0.923. The summed E-state index contributed by atoms with van der Waals surface area (Å²) in [5.74, 6) is 3.98. The Balaban J connectivity index is 1.85. The van der Waals surface area contributed by atoms with Crippen LogP contribution < -0.4 is 5.73 Å². The molecule has 2 N–H and O–H groups in total. The Hall–Kier alpha value is -0.380. The molecule has 0 atom stereocenters. The lowest BCUT2D eigenvalue weighted by molar-refractivity contribution is 0.129. The number of aliphatic imine (C=N–C) groups is 1. The maximum atomic E-state index is 6.08. The van der Waals surface area contributed by atoms with Gasteiger partial charge in [0.15, 0.2) is 5.96 Å². The summed E-state index contributed by atoms with van der Waals surface area (Å²) in [6.45, 7) is 7.67. The molecule has 2 aliphatic rings. The highest BCUT2D eigenvalue weighted by atomic mass is 32.2. The van der Waals surface area contributed by atoms with Crippen LogP contribution in [0.4, 0.5) is 0 Å². The minimum Gasteiger partial charge on any atom is -0.370 e. The summed E-state index contributed by atoms with van der Waals surface area (Å²) >= 11 is 2.01. The van der Waals surface area contributed by atoms with Gasteiger partial charge in [-0.3, -0.25) is 4.99 Å². The zero-order valence-electron chi connectivity index (χ0n) is 11.1. The fourth-order valence-corrected chi connectivity index (χ4v) is 3.40. The van der Waals surface area contributed by atoms with E-state index in [-0.39, 0.29) is 0 Å². The third-order valence-electron chi connectivity index (χ3n) is 4.19. The molecule has 0 bridgehead atoms. The first kappa shape index (κ1) is 13.1. The lowest BCUT2D eigenvalue weighted by Gasteiger charge is -2.39. The van der Waals surface area contributed by atoms with Gasteiger partial charge in [0.2, 0.25) is 0 Å². The van der Waals surface area contributed by atoms with Crippen LogP contribution >= 0.6 is 11.8 Å². The maximum absolute atomic E-state index is 6.08. The predicted octanol–water partition coefficient (Wildman–Crippen LogP) is 2.18. The van der Waals surface area contributed by atoms with E-state index in [0.29, 0.717) is 5.41 Å². The molecule has 1 aliphatic heterocycles. The third kappa shape index (κ3) is 3.30. The number of nitrogens with two attached hydrogens (primary N) is 1. The van der Waals surface area contributed by atoms with E-state index in [1.54, 1.807) is 0 Å². The number of nitrogens with zero attached hydrogens (tertiary/aromatic N) is 2. The van der Waals surface area contributed by atoms with Gasteiger partial charge >= 0.3 is 0 Å². The van der Waals surface area contributed by atoms with Crippen molar-refractivity contribution in [3.8, 4) is 0 Å². The number of rotatable bonds is 3. The van der Waals surface area contributed by atoms with Crippen LogP contribution in [-0.4, -0.2) is 42.0 Å². The van der Waals surface area contributed by atoms with Gasteiger partial charge in [0.1, 0.15) is 0 Å². The van der Waals surface area contributed by atoms with E-state index in [0.717, 1.165) is 31.5 Å². The Kier molecular flexibility index (Phi) is 4.23. The molecule has 1 heterocycles. The van der Waals surface area contributed by atoms with Crippen molar-refractivity contribution in [3.05, 3.63) is 0 Å². The van der Waals surface area contributed by atoms with Crippen molar-refractivity contribution < 1.29 is 0 Å². The minimum absolute atomic E-state index is 0.327. The number of thioether (sulfide) groups is 1. The summed E-state index contributed by atoms with van der Waals surface area (Å²) in [5.41, 5.74) is 6.41. The van der Waals surface area contributed by atoms with Crippen LogP contribution in [0.1, 0.15) is 33.1 Å². The second-order valence-electron chi connectivity index (χ2n) is 5.89. The van der Waals surface area contributed by atoms with Gasteiger partial charge in [-0.25, -0.2) is 0 Å². The van der Waals surface area contributed by atoms with E-state index in [2.05, 4.69) is 23.7 Å². The normalized spacial score (nSPS) is 23.6. The molecule has 0 spiro atoms. The minimum atomic E-state index is 0.327. The highest BCUT2D eigenvalue weighted by Crippen LogP contribution is 2.41. The molecule has 1 saturated carbocycles. The smallest absolute Gasteiger partial charge is 0.191 e. The molecule has 3 nitrogen and oxygen atoms in total. The molecule has 4 heteroatoms. The van der Waals surface area contributed by atoms with Crippen LogP contribution in [0, 0.1) is 11.3 Å². The second kappa shape index (κ2) is 5.51. The van der Waals surface area contributed by atoms with E-state index in [9.17, 15) is 0 Å². The van der Waals surface area contributed by atoms with Crippen LogP contribution in [0.3, 0.4) is 0 Å². The second-order valence-corrected chi connectivity index (χ2v) is 7.12. The van der Waals surface area contributed by atoms with Gasteiger partial charge in [0, 0.05) is 31.1 Å². The van der Waals surface area contributed by atoms with Crippen molar-refractivity contribution in [2.75, 3.05) is 31.1 Å². The average molecular weight is 255 g/mol. The van der Waals surface area contributed by atoms with E-state index in [4.69, 9.17) is 5.73 Å². The van der Waals surface area contributed by atoms with Crippen LogP contribution in [0.5, 0.6) is 0 Å². The summed E-state index contributed by atoms with van der Waals surface area (Å²) in [6.07, 6.45) is 4.15. The predicted molar refractivity (Wildman–Crippen MR) is 76.5 cm³/mol. The molecule has 0 aromatic carbocycles. The highest BCUT2D eigenvalue weighted by molar-refractivity contribution is 7.99. The molecule has 17 heavy (non-hydrogen) atoms. The molecule has 1 aliphatic carbocycles. The van der Waals surface area contributed by atoms with Gasteiger partial charge in [-0.1, -0.05) is 20.3 Å². The molecule has 0 amide bonds. The van der Waals surface area contributed by atoms with E-state index >= 15 is 0 Å². The van der Waals surface area contributed by atoms with E-state index in [1.165, 1.54) is 30.8 Å².